The Morgan fingerprint density at radius 3 is 2.48 bits per heavy atom. The lowest BCUT2D eigenvalue weighted by atomic mass is 9.90. The summed E-state index contributed by atoms with van der Waals surface area (Å²) in [7, 11) is 2.80. The molecule has 2 aliphatic heterocycles. The van der Waals surface area contributed by atoms with Crippen molar-refractivity contribution < 1.29 is 23.8 Å². The number of nitrogens with zero attached hydrogens (tertiary/aromatic N) is 2. The number of likely N-dealkylation sites (tertiary alicyclic amines) is 1. The fourth-order valence-electron chi connectivity index (χ4n) is 3.04. The van der Waals surface area contributed by atoms with Gasteiger partial charge >= 0.3 is 12.1 Å². The zero-order valence-electron chi connectivity index (χ0n) is 12.7. The molecule has 0 N–H and O–H groups in total. The topological polar surface area (TPSA) is 68.3 Å². The molecule has 2 heterocycles. The first-order chi connectivity index (χ1) is 10.2. The van der Waals surface area contributed by atoms with Gasteiger partial charge in [-0.2, -0.15) is 0 Å². The van der Waals surface area contributed by atoms with E-state index in [1.54, 1.807) is 4.90 Å². The van der Waals surface area contributed by atoms with Crippen molar-refractivity contribution in [1.82, 2.24) is 9.80 Å². The van der Waals surface area contributed by atoms with Crippen molar-refractivity contribution in [3.8, 4) is 0 Å². The van der Waals surface area contributed by atoms with Crippen molar-refractivity contribution in [2.24, 2.45) is 5.92 Å². The molecule has 0 spiro atoms. The second kappa shape index (κ2) is 7.61. The number of piperidine rings is 1. The number of hydrogen-bond acceptors (Lipinski definition) is 6. The van der Waals surface area contributed by atoms with Gasteiger partial charge in [0.1, 0.15) is 0 Å². The van der Waals surface area contributed by atoms with Gasteiger partial charge in [-0.05, 0) is 12.8 Å². The fraction of sp³-hybridized carbons (Fsp3) is 0.857. The van der Waals surface area contributed by atoms with E-state index in [1.807, 2.05) is 0 Å². The van der Waals surface area contributed by atoms with Crippen molar-refractivity contribution in [3.05, 3.63) is 0 Å². The Kier molecular flexibility index (Phi) is 5.81. The summed E-state index contributed by atoms with van der Waals surface area (Å²) < 4.78 is 15.0. The normalized spacial score (nSPS) is 27.2. The molecule has 21 heavy (non-hydrogen) atoms. The van der Waals surface area contributed by atoms with Gasteiger partial charge in [-0.3, -0.25) is 9.69 Å². The highest BCUT2D eigenvalue weighted by atomic mass is 16.5. The third-order valence-corrected chi connectivity index (χ3v) is 4.23. The first-order valence-electron chi connectivity index (χ1n) is 7.38. The highest BCUT2D eigenvalue weighted by molar-refractivity contribution is 5.73. The molecule has 120 valence electrons. The van der Waals surface area contributed by atoms with Crippen LogP contribution in [0.1, 0.15) is 12.8 Å². The van der Waals surface area contributed by atoms with E-state index in [0.717, 1.165) is 19.6 Å². The van der Waals surface area contributed by atoms with E-state index in [0.29, 0.717) is 32.6 Å². The Morgan fingerprint density at radius 2 is 1.86 bits per heavy atom. The van der Waals surface area contributed by atoms with Gasteiger partial charge < -0.3 is 19.1 Å². The van der Waals surface area contributed by atoms with E-state index in [4.69, 9.17) is 14.2 Å². The van der Waals surface area contributed by atoms with Crippen LogP contribution in [0.4, 0.5) is 4.79 Å². The molecule has 7 heteroatoms. The van der Waals surface area contributed by atoms with E-state index >= 15 is 0 Å². The van der Waals surface area contributed by atoms with Crippen LogP contribution in [-0.4, -0.2) is 81.5 Å². The van der Waals surface area contributed by atoms with Crippen molar-refractivity contribution >= 4 is 12.1 Å². The SMILES string of the molecule is COC(=O)[C@H]1CCN(C(=O)OC)[C@H](CN2CCOCC2)C1. The number of morpholine rings is 1. The van der Waals surface area contributed by atoms with Gasteiger partial charge in [-0.1, -0.05) is 0 Å². The van der Waals surface area contributed by atoms with Gasteiger partial charge in [0.15, 0.2) is 0 Å². The zero-order valence-corrected chi connectivity index (χ0v) is 12.7. The Labute approximate surface area is 125 Å². The van der Waals surface area contributed by atoms with Gasteiger partial charge in [-0.15, -0.1) is 0 Å². The highest BCUT2D eigenvalue weighted by Crippen LogP contribution is 2.25. The first-order valence-corrected chi connectivity index (χ1v) is 7.38. The van der Waals surface area contributed by atoms with E-state index in [9.17, 15) is 9.59 Å². The van der Waals surface area contributed by atoms with Crippen molar-refractivity contribution in [1.29, 1.82) is 0 Å². The van der Waals surface area contributed by atoms with Crippen LogP contribution in [0.3, 0.4) is 0 Å². The number of rotatable bonds is 3. The average Bonchev–Trinajstić information content (AvgIpc) is 2.54. The maximum atomic E-state index is 11.9. The standard InChI is InChI=1S/C14H24N2O5/c1-19-13(17)11-3-4-16(14(18)20-2)12(9-11)10-15-5-7-21-8-6-15/h11-12H,3-10H2,1-2H3/t11-,12-/m0/s1. The van der Waals surface area contributed by atoms with Crippen molar-refractivity contribution in [2.45, 2.75) is 18.9 Å². The molecule has 1 amide bonds. The lowest BCUT2D eigenvalue weighted by Gasteiger charge is -2.40. The summed E-state index contributed by atoms with van der Waals surface area (Å²) in [4.78, 5) is 27.7. The minimum Gasteiger partial charge on any atom is -0.469 e. The molecule has 7 nitrogen and oxygen atoms in total. The number of carbonyl (C=O) groups is 2. The summed E-state index contributed by atoms with van der Waals surface area (Å²) in [6, 6.07) is -0.0200. The van der Waals surface area contributed by atoms with Crippen LogP contribution in [-0.2, 0) is 19.0 Å². The zero-order chi connectivity index (χ0) is 15.2. The van der Waals surface area contributed by atoms with Gasteiger partial charge in [0.25, 0.3) is 0 Å². The molecular formula is C14H24N2O5. The van der Waals surface area contributed by atoms with Crippen molar-refractivity contribution in [3.63, 3.8) is 0 Å². The monoisotopic (exact) mass is 300 g/mol. The number of carbonyl (C=O) groups excluding carboxylic acids is 2. The highest BCUT2D eigenvalue weighted by Gasteiger charge is 2.36. The molecule has 2 atom stereocenters. The number of ether oxygens (including phenoxy) is 3. The molecule has 0 aliphatic carbocycles. The third-order valence-electron chi connectivity index (χ3n) is 4.23. The average molecular weight is 300 g/mol. The number of methoxy groups -OCH3 is 2. The molecule has 2 fully saturated rings. The van der Waals surface area contributed by atoms with Crippen LogP contribution >= 0.6 is 0 Å². The molecule has 2 aliphatic rings. The Bertz CT molecular complexity index is 370. The minimum absolute atomic E-state index is 0.0200. The van der Waals surface area contributed by atoms with Crippen LogP contribution in [0.2, 0.25) is 0 Å². The van der Waals surface area contributed by atoms with Gasteiger partial charge in [0.2, 0.25) is 0 Å². The molecule has 0 aromatic rings. The van der Waals surface area contributed by atoms with Crippen LogP contribution in [0.25, 0.3) is 0 Å². The molecule has 2 rings (SSSR count). The van der Waals surface area contributed by atoms with Gasteiger partial charge in [-0.25, -0.2) is 4.79 Å². The molecule has 2 saturated heterocycles. The van der Waals surface area contributed by atoms with E-state index < -0.39 is 0 Å². The second-order valence-corrected chi connectivity index (χ2v) is 5.47. The molecule has 0 bridgehead atoms. The van der Waals surface area contributed by atoms with Gasteiger partial charge in [0.05, 0.1) is 33.4 Å². The Morgan fingerprint density at radius 1 is 1.14 bits per heavy atom. The van der Waals surface area contributed by atoms with Crippen LogP contribution in [0.15, 0.2) is 0 Å². The van der Waals surface area contributed by atoms with Crippen LogP contribution < -0.4 is 0 Å². The number of esters is 1. The van der Waals surface area contributed by atoms with E-state index in [1.165, 1.54) is 14.2 Å². The minimum atomic E-state index is -0.323. The molecule has 0 unspecified atom stereocenters. The van der Waals surface area contributed by atoms with E-state index in [-0.39, 0.29) is 24.0 Å². The lowest BCUT2D eigenvalue weighted by molar-refractivity contribution is -0.147. The molecule has 0 radical (unpaired) electrons. The fourth-order valence-corrected chi connectivity index (χ4v) is 3.04. The summed E-state index contributed by atoms with van der Waals surface area (Å²) in [5.74, 6) is -0.326. The molecule has 0 saturated carbocycles. The Balaban J connectivity index is 2.01. The van der Waals surface area contributed by atoms with Crippen LogP contribution in [0, 0.1) is 5.92 Å². The summed E-state index contributed by atoms with van der Waals surface area (Å²) in [5, 5.41) is 0. The van der Waals surface area contributed by atoms with Gasteiger partial charge in [0, 0.05) is 32.2 Å². The van der Waals surface area contributed by atoms with Crippen molar-refractivity contribution in [2.75, 3.05) is 53.6 Å². The predicted molar refractivity (Wildman–Crippen MR) is 74.9 cm³/mol. The number of hydrogen-bond donors (Lipinski definition) is 0. The summed E-state index contributed by atoms with van der Waals surface area (Å²) in [6.07, 6.45) is 0.928. The second-order valence-electron chi connectivity index (χ2n) is 5.47. The smallest absolute Gasteiger partial charge is 0.409 e. The first kappa shape index (κ1) is 16.0. The summed E-state index contributed by atoms with van der Waals surface area (Å²) >= 11 is 0. The van der Waals surface area contributed by atoms with E-state index in [2.05, 4.69) is 4.90 Å². The number of amides is 1. The maximum absolute atomic E-state index is 11.9. The third kappa shape index (κ3) is 4.07. The quantitative estimate of drug-likeness (QED) is 0.700. The largest absolute Gasteiger partial charge is 0.469 e. The Hall–Kier alpha value is -1.34. The summed E-state index contributed by atoms with van der Waals surface area (Å²) in [5.41, 5.74) is 0. The van der Waals surface area contributed by atoms with Crippen LogP contribution in [0.5, 0.6) is 0 Å². The summed E-state index contributed by atoms with van der Waals surface area (Å²) in [6.45, 7) is 4.41. The molecular weight excluding hydrogens is 276 g/mol. The predicted octanol–water partition coefficient (Wildman–Crippen LogP) is 0.339. The molecule has 0 aromatic heterocycles. The lowest BCUT2D eigenvalue weighted by Crippen LogP contribution is -2.53. The maximum Gasteiger partial charge on any atom is 0.409 e. The molecule has 0 aromatic carbocycles.